The molecule has 4 rings (SSSR count). The number of methoxy groups -OCH3 is 1. The Morgan fingerprint density at radius 1 is 1.26 bits per heavy atom. The van der Waals surface area contributed by atoms with Crippen LogP contribution in [-0.4, -0.2) is 49.8 Å². The summed E-state index contributed by atoms with van der Waals surface area (Å²) in [6.45, 7) is 5.84. The van der Waals surface area contributed by atoms with Gasteiger partial charge in [-0.2, -0.15) is 0 Å². The van der Waals surface area contributed by atoms with Gasteiger partial charge in [-0.05, 0) is 62.1 Å². The van der Waals surface area contributed by atoms with Crippen molar-refractivity contribution >= 4 is 5.91 Å². The first-order valence-electron chi connectivity index (χ1n) is 10.4. The monoisotopic (exact) mass is 372 g/mol. The fourth-order valence-electron chi connectivity index (χ4n) is 4.94. The van der Waals surface area contributed by atoms with Crippen molar-refractivity contribution in [2.45, 2.75) is 57.7 Å². The summed E-state index contributed by atoms with van der Waals surface area (Å²) in [4.78, 5) is 15.1. The van der Waals surface area contributed by atoms with Gasteiger partial charge >= 0.3 is 0 Å². The highest BCUT2D eigenvalue weighted by Crippen LogP contribution is 2.66. The maximum absolute atomic E-state index is 12.6. The zero-order chi connectivity index (χ0) is 18.9. The van der Waals surface area contributed by atoms with Crippen molar-refractivity contribution in [3.05, 3.63) is 29.8 Å². The van der Waals surface area contributed by atoms with E-state index in [4.69, 9.17) is 9.47 Å². The third kappa shape index (κ3) is 4.14. The van der Waals surface area contributed by atoms with E-state index in [1.807, 2.05) is 19.1 Å². The van der Waals surface area contributed by atoms with Gasteiger partial charge in [0.2, 0.25) is 5.91 Å². The fraction of sp³-hybridized carbons (Fsp3) is 0.682. The quantitative estimate of drug-likeness (QED) is 0.799. The van der Waals surface area contributed by atoms with Gasteiger partial charge in [0.1, 0.15) is 5.75 Å². The normalized spacial score (nSPS) is 30.7. The largest absolute Gasteiger partial charge is 0.497 e. The number of benzene rings is 1. The first-order valence-corrected chi connectivity index (χ1v) is 10.4. The maximum Gasteiger partial charge on any atom is 0.223 e. The van der Waals surface area contributed by atoms with Gasteiger partial charge < -0.3 is 14.8 Å². The summed E-state index contributed by atoms with van der Waals surface area (Å²) in [5.74, 6) is 1.44. The Morgan fingerprint density at radius 3 is 2.74 bits per heavy atom. The molecule has 1 spiro atoms. The zero-order valence-corrected chi connectivity index (χ0v) is 16.6. The van der Waals surface area contributed by atoms with E-state index in [2.05, 4.69) is 22.3 Å². The summed E-state index contributed by atoms with van der Waals surface area (Å²) >= 11 is 0. The Bertz CT molecular complexity index is 663. The van der Waals surface area contributed by atoms with Crippen LogP contribution in [-0.2, 0) is 16.1 Å². The number of likely N-dealkylation sites (tertiary alicyclic amines) is 1. The third-order valence-corrected chi connectivity index (χ3v) is 6.65. The van der Waals surface area contributed by atoms with Crippen LogP contribution in [0.1, 0.15) is 44.6 Å². The van der Waals surface area contributed by atoms with Crippen molar-refractivity contribution in [2.24, 2.45) is 11.3 Å². The van der Waals surface area contributed by atoms with Crippen molar-refractivity contribution in [3.63, 3.8) is 0 Å². The summed E-state index contributed by atoms with van der Waals surface area (Å²) < 4.78 is 11.0. The molecule has 0 bridgehead atoms. The molecule has 2 aliphatic carbocycles. The summed E-state index contributed by atoms with van der Waals surface area (Å²) in [5, 5.41) is 3.33. The third-order valence-electron chi connectivity index (χ3n) is 6.65. The van der Waals surface area contributed by atoms with Gasteiger partial charge in [-0.15, -0.1) is 0 Å². The Morgan fingerprint density at radius 2 is 2.04 bits per heavy atom. The molecule has 2 saturated carbocycles. The molecule has 0 radical (unpaired) electrons. The van der Waals surface area contributed by atoms with Crippen LogP contribution < -0.4 is 10.1 Å². The highest BCUT2D eigenvalue weighted by Gasteiger charge is 2.64. The molecule has 1 aliphatic heterocycles. The number of nitrogens with one attached hydrogen (secondary N) is 1. The van der Waals surface area contributed by atoms with E-state index in [-0.39, 0.29) is 17.2 Å². The maximum atomic E-state index is 12.6. The first-order chi connectivity index (χ1) is 13.1. The first kappa shape index (κ1) is 18.8. The van der Waals surface area contributed by atoms with Crippen molar-refractivity contribution in [1.29, 1.82) is 0 Å². The molecule has 1 saturated heterocycles. The number of piperidine rings is 1. The topological polar surface area (TPSA) is 50.8 Å². The molecular weight excluding hydrogens is 340 g/mol. The van der Waals surface area contributed by atoms with Crippen molar-refractivity contribution in [3.8, 4) is 5.75 Å². The average Bonchev–Trinajstić information content (AvgIpc) is 3.39. The number of ether oxygens (including phenoxy) is 2. The smallest absolute Gasteiger partial charge is 0.223 e. The van der Waals surface area contributed by atoms with Crippen molar-refractivity contribution in [1.82, 2.24) is 10.2 Å². The number of hydrogen-bond acceptors (Lipinski definition) is 4. The van der Waals surface area contributed by atoms with Crippen molar-refractivity contribution < 1.29 is 14.3 Å². The number of carbonyl (C=O) groups is 1. The van der Waals surface area contributed by atoms with Gasteiger partial charge in [-0.1, -0.05) is 12.1 Å². The highest BCUT2D eigenvalue weighted by molar-refractivity contribution is 5.83. The summed E-state index contributed by atoms with van der Waals surface area (Å²) in [6, 6.07) is 8.61. The van der Waals surface area contributed by atoms with Gasteiger partial charge in [0, 0.05) is 38.2 Å². The van der Waals surface area contributed by atoms with Crippen LogP contribution in [0.15, 0.2) is 24.3 Å². The van der Waals surface area contributed by atoms with Crippen molar-refractivity contribution in [2.75, 3.05) is 26.8 Å². The van der Waals surface area contributed by atoms with Crippen LogP contribution in [0.5, 0.6) is 5.75 Å². The molecule has 27 heavy (non-hydrogen) atoms. The van der Waals surface area contributed by atoms with E-state index in [0.29, 0.717) is 12.1 Å². The molecular formula is C22H32N2O3. The van der Waals surface area contributed by atoms with E-state index < -0.39 is 0 Å². The van der Waals surface area contributed by atoms with E-state index in [9.17, 15) is 4.79 Å². The number of rotatable bonds is 7. The van der Waals surface area contributed by atoms with Crippen LogP contribution in [0.4, 0.5) is 0 Å². The van der Waals surface area contributed by atoms with Crippen LogP contribution in [0.3, 0.4) is 0 Å². The van der Waals surface area contributed by atoms with E-state index in [1.54, 1.807) is 7.11 Å². The van der Waals surface area contributed by atoms with Crippen LogP contribution >= 0.6 is 0 Å². The Hall–Kier alpha value is -1.59. The minimum atomic E-state index is 0.240. The van der Waals surface area contributed by atoms with E-state index in [1.165, 1.54) is 5.56 Å². The molecule has 3 fully saturated rings. The minimum absolute atomic E-state index is 0.240. The van der Waals surface area contributed by atoms with E-state index >= 15 is 0 Å². The molecule has 1 unspecified atom stereocenters. The number of hydrogen-bond donors (Lipinski definition) is 1. The molecule has 1 N–H and O–H groups in total. The lowest BCUT2D eigenvalue weighted by atomic mass is 9.76. The predicted molar refractivity (Wildman–Crippen MR) is 105 cm³/mol. The van der Waals surface area contributed by atoms with Gasteiger partial charge in [-0.3, -0.25) is 9.69 Å². The van der Waals surface area contributed by atoms with E-state index in [0.717, 1.165) is 64.1 Å². The molecule has 1 heterocycles. The van der Waals surface area contributed by atoms with Gasteiger partial charge in [0.25, 0.3) is 0 Å². The fourth-order valence-corrected chi connectivity index (χ4v) is 4.94. The zero-order valence-electron chi connectivity index (χ0n) is 16.6. The summed E-state index contributed by atoms with van der Waals surface area (Å²) in [5.41, 5.74) is 1.57. The number of carbonyl (C=O) groups excluding carboxylic acids is 1. The molecule has 1 aromatic rings. The van der Waals surface area contributed by atoms with Gasteiger partial charge in [-0.25, -0.2) is 0 Å². The second-order valence-corrected chi connectivity index (χ2v) is 8.52. The molecule has 148 valence electrons. The predicted octanol–water partition coefficient (Wildman–Crippen LogP) is 2.98. The average molecular weight is 373 g/mol. The molecule has 1 atom stereocenters. The Balaban J connectivity index is 1.18. The lowest BCUT2D eigenvalue weighted by Crippen LogP contribution is -2.46. The van der Waals surface area contributed by atoms with Crippen LogP contribution in [0.2, 0.25) is 0 Å². The van der Waals surface area contributed by atoms with Crippen LogP contribution in [0, 0.1) is 11.3 Å². The summed E-state index contributed by atoms with van der Waals surface area (Å²) in [6.07, 6.45) is 5.70. The Kier molecular flexibility index (Phi) is 5.42. The second kappa shape index (κ2) is 7.80. The molecule has 5 nitrogen and oxygen atoms in total. The molecule has 5 heteroatoms. The van der Waals surface area contributed by atoms with Gasteiger partial charge in [0.15, 0.2) is 0 Å². The summed E-state index contributed by atoms with van der Waals surface area (Å²) in [7, 11) is 1.71. The number of nitrogens with zero attached hydrogens (tertiary/aromatic N) is 1. The standard InChI is InChI=1S/C22H32N2O3/c1-3-27-19-12-22(13-19)14-20(22)21(25)23-17-7-9-24(10-8-17)15-16-5-4-6-18(11-16)26-2/h4-6,11,17,19-20H,3,7-10,12-15H2,1-2H3,(H,23,25). The number of amides is 1. The highest BCUT2D eigenvalue weighted by atomic mass is 16.5. The van der Waals surface area contributed by atoms with Gasteiger partial charge in [0.05, 0.1) is 13.2 Å². The second-order valence-electron chi connectivity index (χ2n) is 8.52. The molecule has 1 amide bonds. The minimum Gasteiger partial charge on any atom is -0.497 e. The molecule has 0 aromatic heterocycles. The SMILES string of the molecule is CCOC1CC2(C1)CC2C(=O)NC1CCN(Cc2cccc(OC)c2)CC1. The molecule has 3 aliphatic rings. The molecule has 1 aromatic carbocycles. The lowest BCUT2D eigenvalue weighted by molar-refractivity contribution is -0.126. The van der Waals surface area contributed by atoms with Crippen LogP contribution in [0.25, 0.3) is 0 Å². The Labute approximate surface area is 162 Å². The lowest BCUT2D eigenvalue weighted by Gasteiger charge is -2.37.